The number of esters is 1. The topological polar surface area (TPSA) is 107 Å². The second-order valence-electron chi connectivity index (χ2n) is 7.86. The van der Waals surface area contributed by atoms with Gasteiger partial charge in [0.2, 0.25) is 15.9 Å². The number of primary amides is 1. The number of ether oxygens (including phenoxy) is 1. The standard InChI is InChI=1S/C23H28N2O5S/c1-16-7-6-8-18(15-16)21(22(24)26)25(19-9-4-3-5-10-19)31(28,29)20-13-11-17(12-14-20)23(27)30-2/h6-8,11-15,19,21H,3-5,9-10H2,1-2H3,(H2,24,26). The largest absolute Gasteiger partial charge is 0.465 e. The Morgan fingerprint density at radius 2 is 1.71 bits per heavy atom. The molecule has 8 heteroatoms. The quantitative estimate of drug-likeness (QED) is 0.659. The van der Waals surface area contributed by atoms with Crippen LogP contribution in [0.3, 0.4) is 0 Å². The maximum absolute atomic E-state index is 13.8. The van der Waals surface area contributed by atoms with Crippen molar-refractivity contribution >= 4 is 21.9 Å². The predicted molar refractivity (Wildman–Crippen MR) is 117 cm³/mol. The Kier molecular flexibility index (Phi) is 7.12. The molecular weight excluding hydrogens is 416 g/mol. The number of sulfonamides is 1. The Hall–Kier alpha value is -2.71. The Morgan fingerprint density at radius 1 is 1.06 bits per heavy atom. The van der Waals surface area contributed by atoms with Gasteiger partial charge in [-0.2, -0.15) is 4.31 Å². The third-order valence-electron chi connectivity index (χ3n) is 5.67. The van der Waals surface area contributed by atoms with Gasteiger partial charge in [-0.3, -0.25) is 4.79 Å². The van der Waals surface area contributed by atoms with E-state index in [1.54, 1.807) is 18.2 Å². The van der Waals surface area contributed by atoms with E-state index in [4.69, 9.17) is 5.73 Å². The summed E-state index contributed by atoms with van der Waals surface area (Å²) in [6.45, 7) is 1.88. The molecule has 7 nitrogen and oxygen atoms in total. The lowest BCUT2D eigenvalue weighted by Crippen LogP contribution is -2.48. The molecule has 3 rings (SSSR count). The van der Waals surface area contributed by atoms with E-state index in [1.807, 2.05) is 13.0 Å². The molecule has 1 fully saturated rings. The summed E-state index contributed by atoms with van der Waals surface area (Å²) in [6.07, 6.45) is 4.13. The number of benzene rings is 2. The van der Waals surface area contributed by atoms with E-state index in [0.29, 0.717) is 18.4 Å². The molecule has 0 bridgehead atoms. The van der Waals surface area contributed by atoms with Gasteiger partial charge in [0, 0.05) is 6.04 Å². The first-order chi connectivity index (χ1) is 14.8. The minimum Gasteiger partial charge on any atom is -0.465 e. The number of aryl methyl sites for hydroxylation is 1. The molecule has 2 aromatic rings. The average Bonchev–Trinajstić information content (AvgIpc) is 2.77. The molecule has 0 spiro atoms. The van der Waals surface area contributed by atoms with Gasteiger partial charge in [-0.05, 0) is 49.6 Å². The molecule has 2 aromatic carbocycles. The molecule has 2 N–H and O–H groups in total. The number of nitrogens with zero attached hydrogens (tertiary/aromatic N) is 1. The van der Waals surface area contributed by atoms with Crippen molar-refractivity contribution in [3.8, 4) is 0 Å². The fraction of sp³-hybridized carbons (Fsp3) is 0.391. The van der Waals surface area contributed by atoms with Crippen molar-refractivity contribution in [2.75, 3.05) is 7.11 Å². The number of hydrogen-bond acceptors (Lipinski definition) is 5. The van der Waals surface area contributed by atoms with Crippen LogP contribution in [0.25, 0.3) is 0 Å². The van der Waals surface area contributed by atoms with Crippen molar-refractivity contribution in [1.29, 1.82) is 0 Å². The Balaban J connectivity index is 2.11. The average molecular weight is 445 g/mol. The van der Waals surface area contributed by atoms with Gasteiger partial charge in [0.15, 0.2) is 0 Å². The monoisotopic (exact) mass is 444 g/mol. The van der Waals surface area contributed by atoms with Crippen molar-refractivity contribution in [2.45, 2.75) is 56.0 Å². The van der Waals surface area contributed by atoms with Crippen LogP contribution in [0, 0.1) is 6.92 Å². The third kappa shape index (κ3) is 4.97. The maximum atomic E-state index is 13.8. The zero-order valence-electron chi connectivity index (χ0n) is 17.8. The summed E-state index contributed by atoms with van der Waals surface area (Å²) in [4.78, 5) is 24.3. The van der Waals surface area contributed by atoms with Crippen LogP contribution in [0.2, 0.25) is 0 Å². The lowest BCUT2D eigenvalue weighted by atomic mass is 9.93. The minimum absolute atomic E-state index is 0.00429. The number of nitrogens with two attached hydrogens (primary N) is 1. The Morgan fingerprint density at radius 3 is 2.26 bits per heavy atom. The lowest BCUT2D eigenvalue weighted by molar-refractivity contribution is -0.122. The highest BCUT2D eigenvalue weighted by Crippen LogP contribution is 2.36. The molecule has 1 unspecified atom stereocenters. The summed E-state index contributed by atoms with van der Waals surface area (Å²) < 4.78 is 33.5. The Bertz CT molecular complexity index is 1040. The van der Waals surface area contributed by atoms with E-state index in [2.05, 4.69) is 4.74 Å². The van der Waals surface area contributed by atoms with Crippen molar-refractivity contribution in [3.05, 3.63) is 65.2 Å². The summed E-state index contributed by atoms with van der Waals surface area (Å²) in [6, 6.07) is 11.3. The molecule has 0 saturated heterocycles. The van der Waals surface area contributed by atoms with Crippen molar-refractivity contribution in [2.24, 2.45) is 5.73 Å². The fourth-order valence-electron chi connectivity index (χ4n) is 4.16. The smallest absolute Gasteiger partial charge is 0.337 e. The van der Waals surface area contributed by atoms with Crippen LogP contribution in [0.5, 0.6) is 0 Å². The van der Waals surface area contributed by atoms with Crippen LogP contribution in [-0.2, 0) is 19.6 Å². The highest BCUT2D eigenvalue weighted by atomic mass is 32.2. The van der Waals surface area contributed by atoms with E-state index in [-0.39, 0.29) is 16.5 Å². The van der Waals surface area contributed by atoms with Gasteiger partial charge in [-0.15, -0.1) is 0 Å². The molecule has 1 atom stereocenters. The highest BCUT2D eigenvalue weighted by molar-refractivity contribution is 7.89. The number of methoxy groups -OCH3 is 1. The van der Waals surface area contributed by atoms with Gasteiger partial charge >= 0.3 is 5.97 Å². The summed E-state index contributed by atoms with van der Waals surface area (Å²) in [5.74, 6) is -1.27. The van der Waals surface area contributed by atoms with Gasteiger partial charge in [-0.1, -0.05) is 49.1 Å². The molecule has 1 amide bonds. The minimum atomic E-state index is -4.07. The second-order valence-corrected chi connectivity index (χ2v) is 9.70. The van der Waals surface area contributed by atoms with Gasteiger partial charge in [-0.25, -0.2) is 13.2 Å². The lowest BCUT2D eigenvalue weighted by Gasteiger charge is -2.37. The second kappa shape index (κ2) is 9.62. The Labute approximate surface area is 183 Å². The molecular formula is C23H28N2O5S. The SMILES string of the molecule is COC(=O)c1ccc(S(=O)(=O)N(C2CCCCC2)C(C(N)=O)c2cccc(C)c2)cc1. The van der Waals surface area contributed by atoms with Gasteiger partial charge in [0.25, 0.3) is 0 Å². The number of hydrogen-bond donors (Lipinski definition) is 1. The zero-order chi connectivity index (χ0) is 22.6. The van der Waals surface area contributed by atoms with Crippen molar-refractivity contribution in [1.82, 2.24) is 4.31 Å². The van der Waals surface area contributed by atoms with E-state index in [0.717, 1.165) is 24.8 Å². The van der Waals surface area contributed by atoms with Gasteiger partial charge in [0.05, 0.1) is 17.6 Å². The number of amides is 1. The first kappa shape index (κ1) is 23.0. The predicted octanol–water partition coefficient (Wildman–Crippen LogP) is 3.33. The first-order valence-corrected chi connectivity index (χ1v) is 11.8. The highest BCUT2D eigenvalue weighted by Gasteiger charge is 2.41. The van der Waals surface area contributed by atoms with Gasteiger partial charge in [0.1, 0.15) is 6.04 Å². The van der Waals surface area contributed by atoms with Crippen LogP contribution < -0.4 is 5.73 Å². The van der Waals surface area contributed by atoms with Crippen molar-refractivity contribution < 1.29 is 22.7 Å². The number of carbonyl (C=O) groups is 2. The summed E-state index contributed by atoms with van der Waals surface area (Å²) >= 11 is 0. The molecule has 0 aromatic heterocycles. The molecule has 0 aliphatic heterocycles. The normalized spacial score (nSPS) is 16.1. The summed E-state index contributed by atoms with van der Waals surface area (Å²) in [7, 11) is -2.81. The van der Waals surface area contributed by atoms with Crippen LogP contribution in [0.1, 0.15) is 59.6 Å². The van der Waals surface area contributed by atoms with Crippen LogP contribution in [0.15, 0.2) is 53.4 Å². The van der Waals surface area contributed by atoms with Gasteiger partial charge < -0.3 is 10.5 Å². The van der Waals surface area contributed by atoms with Crippen LogP contribution in [-0.4, -0.2) is 37.8 Å². The molecule has 1 aliphatic rings. The molecule has 31 heavy (non-hydrogen) atoms. The molecule has 1 saturated carbocycles. The summed E-state index contributed by atoms with van der Waals surface area (Å²) in [5, 5.41) is 0. The number of carbonyl (C=O) groups excluding carboxylic acids is 2. The maximum Gasteiger partial charge on any atom is 0.337 e. The van der Waals surface area contributed by atoms with E-state index in [9.17, 15) is 18.0 Å². The summed E-state index contributed by atoms with van der Waals surface area (Å²) in [5.41, 5.74) is 7.48. The van der Waals surface area contributed by atoms with E-state index in [1.165, 1.54) is 35.7 Å². The van der Waals surface area contributed by atoms with Crippen LogP contribution >= 0.6 is 0 Å². The zero-order valence-corrected chi connectivity index (χ0v) is 18.6. The molecule has 166 valence electrons. The molecule has 0 radical (unpaired) electrons. The third-order valence-corrected chi connectivity index (χ3v) is 7.60. The molecule has 1 aliphatic carbocycles. The van der Waals surface area contributed by atoms with E-state index < -0.39 is 27.9 Å². The number of rotatable bonds is 7. The van der Waals surface area contributed by atoms with E-state index >= 15 is 0 Å². The fourth-order valence-corrected chi connectivity index (χ4v) is 5.99. The first-order valence-electron chi connectivity index (χ1n) is 10.3. The van der Waals surface area contributed by atoms with Crippen LogP contribution in [0.4, 0.5) is 0 Å². The van der Waals surface area contributed by atoms with Crippen molar-refractivity contribution in [3.63, 3.8) is 0 Å². The molecule has 0 heterocycles.